The van der Waals surface area contributed by atoms with Gasteiger partial charge in [-0.1, -0.05) is 24.3 Å². The number of hydrogen-bond donors (Lipinski definition) is 0. The molecule has 4 rings (SSSR count). The van der Waals surface area contributed by atoms with Crippen molar-refractivity contribution in [2.45, 2.75) is 17.4 Å². The Labute approximate surface area is 189 Å². The van der Waals surface area contributed by atoms with Crippen LogP contribution in [-0.2, 0) is 16.4 Å². The molecule has 8 nitrogen and oxygen atoms in total. The van der Waals surface area contributed by atoms with Crippen LogP contribution in [0.25, 0.3) is 10.9 Å². The van der Waals surface area contributed by atoms with E-state index < -0.39 is 26.9 Å². The van der Waals surface area contributed by atoms with Gasteiger partial charge in [0.2, 0.25) is 10.0 Å². The number of fused-ring (bicyclic) bond motifs is 3. The van der Waals surface area contributed by atoms with Crippen molar-refractivity contribution >= 4 is 44.1 Å². The van der Waals surface area contributed by atoms with Gasteiger partial charge in [0, 0.05) is 29.1 Å². The Morgan fingerprint density at radius 2 is 1.88 bits per heavy atom. The number of non-ortho nitro benzene ring substituents is 1. The minimum atomic E-state index is -4.04. The molecule has 0 aliphatic carbocycles. The number of carbonyl (C=O) groups excluding carboxylic acids is 1. The van der Waals surface area contributed by atoms with Crippen LogP contribution in [0.15, 0.2) is 72.7 Å². The first-order chi connectivity index (χ1) is 15.2. The van der Waals surface area contributed by atoms with E-state index in [2.05, 4.69) is 13.2 Å². The fourth-order valence-electron chi connectivity index (χ4n) is 4.12. The molecule has 2 heterocycles. The molecule has 164 valence electrons. The monoisotopic (exact) mass is 471 g/mol. The SMILES string of the molecule is C=CC(=O)n1c2c(c3cc(Cl)ccc31)CCN(S(=O)(=O)c1ccc([N+](=O)[O-])cc1)C2C=C. The summed E-state index contributed by atoms with van der Waals surface area (Å²) in [7, 11) is -4.04. The van der Waals surface area contributed by atoms with Gasteiger partial charge in [0.25, 0.3) is 11.6 Å². The third kappa shape index (κ3) is 3.35. The lowest BCUT2D eigenvalue weighted by Crippen LogP contribution is -2.40. The van der Waals surface area contributed by atoms with Gasteiger partial charge in [0.1, 0.15) is 0 Å². The second-order valence-corrected chi connectivity index (χ2v) is 9.53. The molecule has 0 spiro atoms. The molecule has 0 amide bonds. The van der Waals surface area contributed by atoms with Crippen LogP contribution >= 0.6 is 11.6 Å². The van der Waals surface area contributed by atoms with Crippen molar-refractivity contribution in [3.05, 3.63) is 94.2 Å². The number of allylic oxidation sites excluding steroid dienone is 1. The quantitative estimate of drug-likeness (QED) is 0.236. The Morgan fingerprint density at radius 3 is 2.47 bits per heavy atom. The maximum atomic E-state index is 13.4. The zero-order valence-corrected chi connectivity index (χ0v) is 18.3. The fourth-order valence-corrected chi connectivity index (χ4v) is 5.86. The van der Waals surface area contributed by atoms with Gasteiger partial charge >= 0.3 is 0 Å². The highest BCUT2D eigenvalue weighted by Gasteiger charge is 2.39. The van der Waals surface area contributed by atoms with Crippen LogP contribution in [0.3, 0.4) is 0 Å². The van der Waals surface area contributed by atoms with E-state index in [9.17, 15) is 23.3 Å². The van der Waals surface area contributed by atoms with Gasteiger partial charge in [-0.3, -0.25) is 19.5 Å². The van der Waals surface area contributed by atoms with E-state index in [4.69, 9.17) is 11.6 Å². The number of halogens is 1. The highest BCUT2D eigenvalue weighted by molar-refractivity contribution is 7.89. The second kappa shape index (κ2) is 8.01. The van der Waals surface area contributed by atoms with Gasteiger partial charge in [-0.25, -0.2) is 8.42 Å². The van der Waals surface area contributed by atoms with Crippen LogP contribution in [0, 0.1) is 10.1 Å². The standard InChI is InChI=1S/C22H18ClN3O5S/c1-3-19-22-17(18-13-14(23)5-10-20(18)25(22)21(27)4-2)11-12-24(19)32(30,31)16-8-6-15(7-9-16)26(28)29/h3-10,13,19H,1-2,11-12H2. The van der Waals surface area contributed by atoms with Gasteiger partial charge in [0.05, 0.1) is 27.1 Å². The molecule has 0 radical (unpaired) electrons. The number of hydrogen-bond acceptors (Lipinski definition) is 5. The van der Waals surface area contributed by atoms with Gasteiger partial charge in [-0.05, 0) is 48.4 Å². The molecule has 10 heteroatoms. The number of carbonyl (C=O) groups is 1. The zero-order valence-electron chi connectivity index (χ0n) is 16.8. The van der Waals surface area contributed by atoms with Gasteiger partial charge < -0.3 is 0 Å². The molecule has 1 aliphatic heterocycles. The van der Waals surface area contributed by atoms with E-state index in [1.165, 1.54) is 27.1 Å². The van der Waals surface area contributed by atoms with Gasteiger partial charge in [-0.2, -0.15) is 4.31 Å². The summed E-state index contributed by atoms with van der Waals surface area (Å²) in [6.45, 7) is 7.53. The predicted octanol–water partition coefficient (Wildman–Crippen LogP) is 4.50. The predicted molar refractivity (Wildman–Crippen MR) is 121 cm³/mol. The molecule has 0 saturated heterocycles. The Kier molecular flexibility index (Phi) is 5.49. The number of nitrogens with zero attached hydrogens (tertiary/aromatic N) is 3. The van der Waals surface area contributed by atoms with Crippen molar-refractivity contribution in [1.29, 1.82) is 0 Å². The number of sulfonamides is 1. The van der Waals surface area contributed by atoms with Crippen LogP contribution in [0.4, 0.5) is 5.69 Å². The van der Waals surface area contributed by atoms with Crippen LogP contribution < -0.4 is 0 Å². The highest BCUT2D eigenvalue weighted by Crippen LogP contribution is 2.41. The third-order valence-corrected chi connectivity index (χ3v) is 7.65. The maximum absolute atomic E-state index is 13.4. The molecule has 0 fully saturated rings. The average molecular weight is 472 g/mol. The largest absolute Gasteiger partial charge is 0.278 e. The van der Waals surface area contributed by atoms with E-state index in [0.29, 0.717) is 22.7 Å². The van der Waals surface area contributed by atoms with Crippen LogP contribution in [0.1, 0.15) is 22.1 Å². The molecule has 1 atom stereocenters. The molecule has 1 unspecified atom stereocenters. The number of rotatable bonds is 5. The molecular weight excluding hydrogens is 454 g/mol. The summed E-state index contributed by atoms with van der Waals surface area (Å²) in [6, 6.07) is 8.98. The van der Waals surface area contributed by atoms with Crippen LogP contribution in [0.5, 0.6) is 0 Å². The number of benzene rings is 2. The Bertz CT molecular complexity index is 1390. The highest BCUT2D eigenvalue weighted by atomic mass is 35.5. The third-order valence-electron chi connectivity index (χ3n) is 5.52. The molecule has 1 aliphatic rings. The molecule has 1 aromatic heterocycles. The molecule has 0 bridgehead atoms. The Hall–Kier alpha value is -3.27. The van der Waals surface area contributed by atoms with E-state index in [1.807, 2.05) is 0 Å². The first-order valence-corrected chi connectivity index (χ1v) is 11.4. The number of nitro groups is 1. The van der Waals surface area contributed by atoms with Crippen molar-refractivity contribution in [3.63, 3.8) is 0 Å². The van der Waals surface area contributed by atoms with E-state index in [0.717, 1.165) is 29.2 Å². The molecule has 32 heavy (non-hydrogen) atoms. The first kappa shape index (κ1) is 21.9. The van der Waals surface area contributed by atoms with Crippen LogP contribution in [0.2, 0.25) is 5.02 Å². The summed E-state index contributed by atoms with van der Waals surface area (Å²) >= 11 is 6.18. The summed E-state index contributed by atoms with van der Waals surface area (Å²) in [5.74, 6) is -0.403. The molecule has 2 aromatic carbocycles. The maximum Gasteiger partial charge on any atom is 0.269 e. The fraction of sp³-hybridized carbons (Fsp3) is 0.136. The normalized spacial score (nSPS) is 16.5. The average Bonchev–Trinajstić information content (AvgIpc) is 3.11. The minimum Gasteiger partial charge on any atom is -0.278 e. The van der Waals surface area contributed by atoms with Crippen molar-refractivity contribution < 1.29 is 18.1 Å². The van der Waals surface area contributed by atoms with Crippen molar-refractivity contribution in [3.8, 4) is 0 Å². The molecule has 0 saturated carbocycles. The topological polar surface area (TPSA) is 103 Å². The first-order valence-electron chi connectivity index (χ1n) is 9.59. The lowest BCUT2D eigenvalue weighted by molar-refractivity contribution is -0.384. The number of aromatic nitrogens is 1. The summed E-state index contributed by atoms with van der Waals surface area (Å²) in [4.78, 5) is 23.0. The Morgan fingerprint density at radius 1 is 1.19 bits per heavy atom. The lowest BCUT2D eigenvalue weighted by Gasteiger charge is -2.34. The van der Waals surface area contributed by atoms with E-state index in [1.54, 1.807) is 18.2 Å². The van der Waals surface area contributed by atoms with Crippen molar-refractivity contribution in [1.82, 2.24) is 8.87 Å². The smallest absolute Gasteiger partial charge is 0.269 e. The van der Waals surface area contributed by atoms with Gasteiger partial charge in [-0.15, -0.1) is 6.58 Å². The summed E-state index contributed by atoms with van der Waals surface area (Å²) in [5, 5.41) is 12.2. The minimum absolute atomic E-state index is 0.0841. The molecule has 3 aromatic rings. The van der Waals surface area contributed by atoms with Gasteiger partial charge in [0.15, 0.2) is 0 Å². The molecule has 0 N–H and O–H groups in total. The summed E-state index contributed by atoms with van der Waals surface area (Å²) in [6.07, 6.45) is 2.98. The van der Waals surface area contributed by atoms with Crippen molar-refractivity contribution in [2.75, 3.05) is 6.54 Å². The second-order valence-electron chi connectivity index (χ2n) is 7.20. The lowest BCUT2D eigenvalue weighted by atomic mass is 9.99. The number of nitro benzene ring substituents is 1. The van der Waals surface area contributed by atoms with Crippen molar-refractivity contribution in [2.24, 2.45) is 0 Å². The summed E-state index contributed by atoms with van der Waals surface area (Å²) in [5.41, 5.74) is 1.70. The summed E-state index contributed by atoms with van der Waals surface area (Å²) < 4.78 is 29.6. The van der Waals surface area contributed by atoms with Crippen LogP contribution in [-0.4, -0.2) is 34.7 Å². The molecular formula is C22H18ClN3O5S. The van der Waals surface area contributed by atoms with E-state index in [-0.39, 0.29) is 17.1 Å². The van der Waals surface area contributed by atoms with E-state index >= 15 is 0 Å². The zero-order chi connectivity index (χ0) is 23.2. The Balaban J connectivity index is 1.90.